The molecule has 0 spiro atoms. The fourth-order valence-electron chi connectivity index (χ4n) is 3.04. The van der Waals surface area contributed by atoms with Gasteiger partial charge in [0.05, 0.1) is 31.7 Å². The van der Waals surface area contributed by atoms with Crippen molar-refractivity contribution < 1.29 is 32.9 Å². The summed E-state index contributed by atoms with van der Waals surface area (Å²) >= 11 is 0. The van der Waals surface area contributed by atoms with Gasteiger partial charge in [0.1, 0.15) is 18.6 Å². The number of ether oxygens (including phenoxy) is 3. The number of nitrogen functional groups attached to an aromatic ring is 1. The third kappa shape index (κ3) is 8.16. The molecule has 0 fully saturated rings. The standard InChI is InChI=1S/C22H36N6O7P/c1-7-8-9-32-21(30)22(5,6)28(36(31)34-11-17(29)35-15(2)3)14-33-16(4)10-27-13-26-18-19(23)24-12-25-20(18)27/h12-13,15-16H,7-11,14H2,1-6H3,(H2,23,24,25)/q+1/t16-/m1/s1. The van der Waals surface area contributed by atoms with Gasteiger partial charge < -0.3 is 24.5 Å². The van der Waals surface area contributed by atoms with Gasteiger partial charge in [-0.3, -0.25) is 0 Å². The van der Waals surface area contributed by atoms with Gasteiger partial charge >= 0.3 is 20.1 Å². The number of nitrogens with two attached hydrogens (primary N) is 1. The Balaban J connectivity index is 2.11. The molecule has 200 valence electrons. The van der Waals surface area contributed by atoms with Crippen LogP contribution in [0.1, 0.15) is 54.4 Å². The van der Waals surface area contributed by atoms with Crippen molar-refractivity contribution in [3.05, 3.63) is 12.7 Å². The average molecular weight is 528 g/mol. The van der Waals surface area contributed by atoms with Crippen LogP contribution >= 0.6 is 8.18 Å². The van der Waals surface area contributed by atoms with Crippen LogP contribution in [-0.4, -0.2) is 73.8 Å². The maximum atomic E-state index is 13.1. The maximum absolute atomic E-state index is 13.1. The topological polar surface area (TPSA) is 161 Å². The number of carbonyl (C=O) groups excluding carboxylic acids is 2. The van der Waals surface area contributed by atoms with Gasteiger partial charge in [0.2, 0.25) is 6.61 Å². The number of hydrogen-bond acceptors (Lipinski definition) is 11. The van der Waals surface area contributed by atoms with Gasteiger partial charge in [0, 0.05) is 0 Å². The predicted molar refractivity (Wildman–Crippen MR) is 132 cm³/mol. The molecule has 1 unspecified atom stereocenters. The van der Waals surface area contributed by atoms with E-state index < -0.39 is 38.4 Å². The third-order valence-corrected chi connectivity index (χ3v) is 6.46. The van der Waals surface area contributed by atoms with E-state index in [0.717, 1.165) is 6.42 Å². The molecule has 0 amide bonds. The summed E-state index contributed by atoms with van der Waals surface area (Å²) in [5.41, 5.74) is 5.50. The van der Waals surface area contributed by atoms with E-state index in [1.54, 1.807) is 45.5 Å². The number of hydrogen-bond donors (Lipinski definition) is 1. The highest BCUT2D eigenvalue weighted by Crippen LogP contribution is 2.37. The van der Waals surface area contributed by atoms with Crippen LogP contribution in [0.4, 0.5) is 5.82 Å². The number of rotatable bonds is 15. The van der Waals surface area contributed by atoms with Gasteiger partial charge in [-0.15, -0.1) is 4.52 Å². The molecular weight excluding hydrogens is 491 g/mol. The van der Waals surface area contributed by atoms with Gasteiger partial charge in [0.15, 0.2) is 17.0 Å². The largest absolute Gasteiger partial charge is 0.619 e. The zero-order valence-corrected chi connectivity index (χ0v) is 22.6. The number of nitrogens with zero attached hydrogens (tertiary/aromatic N) is 5. The second kappa shape index (κ2) is 13.5. The molecule has 0 bridgehead atoms. The van der Waals surface area contributed by atoms with Crippen molar-refractivity contribution in [2.75, 3.05) is 25.7 Å². The first-order valence-electron chi connectivity index (χ1n) is 11.7. The first-order chi connectivity index (χ1) is 17.0. The van der Waals surface area contributed by atoms with Gasteiger partial charge in [-0.25, -0.2) is 24.5 Å². The van der Waals surface area contributed by atoms with Crippen molar-refractivity contribution >= 4 is 37.1 Å². The first kappa shape index (κ1) is 29.5. The summed E-state index contributed by atoms with van der Waals surface area (Å²) in [6.07, 6.45) is 3.72. The number of unbranched alkanes of at least 4 members (excludes halogenated alkanes) is 1. The number of aromatic nitrogens is 4. The molecule has 2 rings (SSSR count). The molecule has 14 heteroatoms. The zero-order chi connectivity index (χ0) is 26.9. The molecule has 13 nitrogen and oxygen atoms in total. The molecule has 2 aromatic heterocycles. The molecule has 2 N–H and O–H groups in total. The summed E-state index contributed by atoms with van der Waals surface area (Å²) < 4.78 is 37.6. The van der Waals surface area contributed by atoms with Gasteiger partial charge in [-0.1, -0.05) is 13.3 Å². The zero-order valence-electron chi connectivity index (χ0n) is 21.7. The Labute approximate surface area is 211 Å². The van der Waals surface area contributed by atoms with Crippen molar-refractivity contribution in [3.8, 4) is 0 Å². The smallest absolute Gasteiger partial charge is 0.464 e. The van der Waals surface area contributed by atoms with E-state index in [-0.39, 0.29) is 25.3 Å². The highest BCUT2D eigenvalue weighted by atomic mass is 31.1. The van der Waals surface area contributed by atoms with E-state index in [1.165, 1.54) is 11.0 Å². The van der Waals surface area contributed by atoms with Crippen molar-refractivity contribution in [2.24, 2.45) is 0 Å². The van der Waals surface area contributed by atoms with Gasteiger partial charge in [-0.2, -0.15) is 0 Å². The third-order valence-electron chi connectivity index (χ3n) is 5.10. The van der Waals surface area contributed by atoms with Crippen LogP contribution in [0.25, 0.3) is 11.2 Å². The fraction of sp³-hybridized carbons (Fsp3) is 0.682. The van der Waals surface area contributed by atoms with Crippen LogP contribution in [0, 0.1) is 0 Å². The van der Waals surface area contributed by atoms with Crippen molar-refractivity contribution in [1.29, 1.82) is 0 Å². The van der Waals surface area contributed by atoms with Crippen LogP contribution in [0.5, 0.6) is 0 Å². The van der Waals surface area contributed by atoms with Crippen molar-refractivity contribution in [3.63, 3.8) is 0 Å². The van der Waals surface area contributed by atoms with Gasteiger partial charge in [-0.05, 0) is 50.3 Å². The molecule has 0 saturated carbocycles. The summed E-state index contributed by atoms with van der Waals surface area (Å²) in [4.78, 5) is 37.0. The van der Waals surface area contributed by atoms with Crippen LogP contribution in [0.15, 0.2) is 12.7 Å². The molecule has 2 heterocycles. The maximum Gasteiger partial charge on any atom is 0.619 e. The lowest BCUT2D eigenvalue weighted by atomic mass is 10.1. The molecule has 0 aliphatic carbocycles. The van der Waals surface area contributed by atoms with Crippen LogP contribution < -0.4 is 5.73 Å². The summed E-state index contributed by atoms with van der Waals surface area (Å²) in [6, 6.07) is 0. The normalized spacial score (nSPS) is 13.3. The Bertz CT molecular complexity index is 1050. The molecule has 0 radical (unpaired) electrons. The Kier molecular flexibility index (Phi) is 11.1. The molecule has 2 atom stereocenters. The minimum atomic E-state index is -2.65. The molecule has 0 saturated heterocycles. The highest BCUT2D eigenvalue weighted by molar-refractivity contribution is 7.36. The molecule has 0 aromatic carbocycles. The second-order valence-corrected chi connectivity index (χ2v) is 10.1. The SMILES string of the molecule is CCCCOC(=O)C(C)(C)N(CO[C@H](C)Cn1cnc2c(N)ncnc21)[P+](=O)OCC(=O)OC(C)C. The van der Waals surface area contributed by atoms with Crippen LogP contribution in [0.3, 0.4) is 0 Å². The highest BCUT2D eigenvalue weighted by Gasteiger charge is 2.50. The lowest BCUT2D eigenvalue weighted by Gasteiger charge is -2.27. The Hall–Kier alpha value is -2.73. The summed E-state index contributed by atoms with van der Waals surface area (Å²) in [6.45, 7) is 10.1. The number of esters is 2. The van der Waals surface area contributed by atoms with E-state index in [4.69, 9.17) is 24.5 Å². The van der Waals surface area contributed by atoms with E-state index in [2.05, 4.69) is 15.0 Å². The molecule has 2 aromatic rings. The fourth-order valence-corrected chi connectivity index (χ4v) is 4.04. The lowest BCUT2D eigenvalue weighted by Crippen LogP contribution is -2.49. The monoisotopic (exact) mass is 527 g/mol. The molecule has 0 aliphatic rings. The number of imidazole rings is 1. The minimum Gasteiger partial charge on any atom is -0.464 e. The van der Waals surface area contributed by atoms with Crippen molar-refractivity contribution in [1.82, 2.24) is 24.2 Å². The second-order valence-electron chi connectivity index (χ2n) is 8.93. The first-order valence-corrected chi connectivity index (χ1v) is 12.9. The summed E-state index contributed by atoms with van der Waals surface area (Å²) in [7, 11) is -2.65. The van der Waals surface area contributed by atoms with Crippen molar-refractivity contribution in [2.45, 2.75) is 78.7 Å². The Morgan fingerprint density at radius 1 is 1.22 bits per heavy atom. The van der Waals surface area contributed by atoms with Crippen LogP contribution in [0.2, 0.25) is 0 Å². The summed E-state index contributed by atoms with van der Waals surface area (Å²) in [5, 5.41) is 0. The molecular formula is C22H36N6O7P+. The van der Waals surface area contributed by atoms with E-state index in [0.29, 0.717) is 24.1 Å². The van der Waals surface area contributed by atoms with E-state index in [1.807, 2.05) is 6.92 Å². The Morgan fingerprint density at radius 3 is 2.61 bits per heavy atom. The predicted octanol–water partition coefficient (Wildman–Crippen LogP) is 2.82. The number of carbonyl (C=O) groups is 2. The Morgan fingerprint density at radius 2 is 1.94 bits per heavy atom. The summed E-state index contributed by atoms with van der Waals surface area (Å²) in [5.74, 6) is -0.983. The van der Waals surface area contributed by atoms with E-state index in [9.17, 15) is 14.2 Å². The lowest BCUT2D eigenvalue weighted by molar-refractivity contribution is -0.157. The molecule has 36 heavy (non-hydrogen) atoms. The number of fused-ring (bicyclic) bond motifs is 1. The average Bonchev–Trinajstić information content (AvgIpc) is 3.21. The van der Waals surface area contributed by atoms with Crippen LogP contribution in [-0.2, 0) is 39.4 Å². The quantitative estimate of drug-likeness (QED) is 0.156. The van der Waals surface area contributed by atoms with Gasteiger partial charge in [0.25, 0.3) is 0 Å². The van der Waals surface area contributed by atoms with E-state index >= 15 is 0 Å². The minimum absolute atomic E-state index is 0.237. The molecule has 0 aliphatic heterocycles. The number of anilines is 1.